The second-order valence-corrected chi connectivity index (χ2v) is 9.59. The van der Waals surface area contributed by atoms with Crippen molar-refractivity contribution in [3.8, 4) is 0 Å². The van der Waals surface area contributed by atoms with Crippen molar-refractivity contribution in [2.45, 2.75) is 88.0 Å². The van der Waals surface area contributed by atoms with Crippen molar-refractivity contribution in [3.05, 3.63) is 86.7 Å². The molecule has 0 aliphatic carbocycles. The standard InChI is InChI=1S/C32H41N3.2ClH.Co/c1-10-25-14-20(5)15-26(11-2)31(25)33-23(8)29-18-22(7)19-30(35-29)24(9)34-32-27(12-3)16-21(6)17-28(32)13-4;;;/h14-19H,10-13H2,1-9H3;2*1H;/q;;;+2/p-2. The zero-order valence-corrected chi connectivity index (χ0v) is 26.8. The molecule has 3 rings (SSSR count). The largest absolute Gasteiger partial charge is 2.00 e. The number of halogens is 2. The molecule has 0 atom stereocenters. The van der Waals surface area contributed by atoms with Crippen LogP contribution in [0.15, 0.2) is 46.4 Å². The third-order valence-electron chi connectivity index (χ3n) is 6.62. The first-order valence-corrected chi connectivity index (χ1v) is 13.0. The van der Waals surface area contributed by atoms with E-state index in [2.05, 4.69) is 98.7 Å². The fourth-order valence-corrected chi connectivity index (χ4v) is 4.72. The van der Waals surface area contributed by atoms with Gasteiger partial charge in [-0.25, -0.2) is 4.98 Å². The Hall–Kier alpha value is -1.98. The van der Waals surface area contributed by atoms with Gasteiger partial charge in [0.05, 0.1) is 34.2 Å². The second kappa shape index (κ2) is 16.2. The first kappa shape index (κ1) is 36.0. The molecule has 0 aliphatic heterocycles. The Labute approximate surface area is 253 Å². The van der Waals surface area contributed by atoms with E-state index in [1.165, 1.54) is 38.9 Å². The maximum absolute atomic E-state index is 5.12. The molecule has 207 valence electrons. The van der Waals surface area contributed by atoms with Crippen molar-refractivity contribution in [2.24, 2.45) is 9.98 Å². The van der Waals surface area contributed by atoms with E-state index in [0.717, 1.165) is 59.9 Å². The van der Waals surface area contributed by atoms with Gasteiger partial charge in [0.1, 0.15) is 0 Å². The summed E-state index contributed by atoms with van der Waals surface area (Å²) in [5, 5.41) is 0. The molecule has 0 aliphatic rings. The van der Waals surface area contributed by atoms with Gasteiger partial charge in [-0.2, -0.15) is 0 Å². The molecule has 3 aromatic rings. The van der Waals surface area contributed by atoms with Crippen molar-refractivity contribution in [1.29, 1.82) is 0 Å². The zero-order chi connectivity index (χ0) is 25.7. The quantitative estimate of drug-likeness (QED) is 0.368. The summed E-state index contributed by atoms with van der Waals surface area (Å²) < 4.78 is 0. The zero-order valence-electron chi connectivity index (χ0n) is 24.2. The van der Waals surface area contributed by atoms with Gasteiger partial charge >= 0.3 is 16.8 Å². The van der Waals surface area contributed by atoms with Gasteiger partial charge in [-0.15, -0.1) is 0 Å². The Kier molecular flexibility index (Phi) is 15.4. The van der Waals surface area contributed by atoms with E-state index in [1.807, 2.05) is 0 Å². The number of nitrogens with zero attached hydrogens (tertiary/aromatic N) is 3. The van der Waals surface area contributed by atoms with E-state index in [-0.39, 0.29) is 41.6 Å². The van der Waals surface area contributed by atoms with Crippen LogP contribution in [0, 0.1) is 20.8 Å². The number of aromatic nitrogens is 1. The summed E-state index contributed by atoms with van der Waals surface area (Å²) in [6.45, 7) is 19.4. The van der Waals surface area contributed by atoms with Gasteiger partial charge in [0.25, 0.3) is 0 Å². The molecule has 2 aromatic carbocycles. The van der Waals surface area contributed by atoms with E-state index in [0.29, 0.717) is 0 Å². The number of aryl methyl sites for hydroxylation is 7. The van der Waals surface area contributed by atoms with Gasteiger partial charge in [0.15, 0.2) is 0 Å². The van der Waals surface area contributed by atoms with E-state index in [1.54, 1.807) is 0 Å². The van der Waals surface area contributed by atoms with Gasteiger partial charge in [0, 0.05) is 0 Å². The molecule has 0 unspecified atom stereocenters. The Morgan fingerprint density at radius 3 is 1.08 bits per heavy atom. The Morgan fingerprint density at radius 1 is 0.553 bits per heavy atom. The van der Waals surface area contributed by atoms with Crippen LogP contribution in [0.25, 0.3) is 0 Å². The van der Waals surface area contributed by atoms with Crippen molar-refractivity contribution < 1.29 is 41.6 Å². The molecule has 0 spiro atoms. The molecule has 3 nitrogen and oxygen atoms in total. The molecule has 6 heteroatoms. The fourth-order valence-electron chi connectivity index (χ4n) is 4.72. The third kappa shape index (κ3) is 8.51. The molecule has 0 N–H and O–H groups in total. The predicted octanol–water partition coefficient (Wildman–Crippen LogP) is 2.54. The van der Waals surface area contributed by atoms with Gasteiger partial charge in [-0.05, 0) is 100 Å². The molecule has 38 heavy (non-hydrogen) atoms. The molecule has 0 amide bonds. The van der Waals surface area contributed by atoms with Crippen molar-refractivity contribution in [1.82, 2.24) is 4.98 Å². The van der Waals surface area contributed by atoms with Crippen molar-refractivity contribution in [3.63, 3.8) is 0 Å². The number of rotatable bonds is 8. The molecular formula is C32H41Cl2CoN3. The molecule has 1 radical (unpaired) electrons. The van der Waals surface area contributed by atoms with Crippen LogP contribution in [0.5, 0.6) is 0 Å². The average molecular weight is 598 g/mol. The topological polar surface area (TPSA) is 37.6 Å². The van der Waals surface area contributed by atoms with Crippen LogP contribution >= 0.6 is 0 Å². The van der Waals surface area contributed by atoms with Crippen LogP contribution in [0.2, 0.25) is 0 Å². The normalized spacial score (nSPS) is 11.4. The summed E-state index contributed by atoms with van der Waals surface area (Å²) in [6.07, 6.45) is 3.87. The van der Waals surface area contributed by atoms with Crippen LogP contribution in [0.4, 0.5) is 11.4 Å². The number of hydrogen-bond donors (Lipinski definition) is 0. The number of pyridine rings is 1. The van der Waals surface area contributed by atoms with E-state index in [4.69, 9.17) is 15.0 Å². The Balaban J connectivity index is 0.00000456. The minimum Gasteiger partial charge on any atom is -1.00 e. The first-order valence-electron chi connectivity index (χ1n) is 13.0. The Morgan fingerprint density at radius 2 is 0.816 bits per heavy atom. The van der Waals surface area contributed by atoms with E-state index in [9.17, 15) is 0 Å². The minimum atomic E-state index is 0. The van der Waals surface area contributed by atoms with Crippen LogP contribution in [-0.2, 0) is 42.5 Å². The van der Waals surface area contributed by atoms with Crippen LogP contribution in [0.1, 0.15) is 91.9 Å². The second-order valence-electron chi connectivity index (χ2n) is 9.59. The third-order valence-corrected chi connectivity index (χ3v) is 6.62. The molecule has 0 saturated heterocycles. The van der Waals surface area contributed by atoms with Gasteiger partial charge in [-0.1, -0.05) is 63.1 Å². The summed E-state index contributed by atoms with van der Waals surface area (Å²) in [5.74, 6) is 0. The van der Waals surface area contributed by atoms with Crippen molar-refractivity contribution >= 4 is 22.8 Å². The van der Waals surface area contributed by atoms with Crippen LogP contribution in [0.3, 0.4) is 0 Å². The molecule has 0 saturated carbocycles. The summed E-state index contributed by atoms with van der Waals surface area (Å²) in [6, 6.07) is 13.3. The maximum Gasteiger partial charge on any atom is 2.00 e. The van der Waals surface area contributed by atoms with Gasteiger partial charge in [0.2, 0.25) is 0 Å². The Bertz CT molecular complexity index is 1150. The van der Waals surface area contributed by atoms with Crippen LogP contribution in [-0.4, -0.2) is 16.4 Å². The van der Waals surface area contributed by atoms with E-state index >= 15 is 0 Å². The van der Waals surface area contributed by atoms with Crippen molar-refractivity contribution in [2.75, 3.05) is 0 Å². The van der Waals surface area contributed by atoms with Gasteiger partial charge in [-0.3, -0.25) is 9.98 Å². The van der Waals surface area contributed by atoms with Crippen LogP contribution < -0.4 is 24.8 Å². The predicted molar refractivity (Wildman–Crippen MR) is 153 cm³/mol. The van der Waals surface area contributed by atoms with E-state index < -0.39 is 0 Å². The smallest absolute Gasteiger partial charge is 1.00 e. The molecule has 1 heterocycles. The maximum atomic E-state index is 5.12. The number of hydrogen-bond acceptors (Lipinski definition) is 3. The minimum absolute atomic E-state index is 0. The van der Waals surface area contributed by atoms with Gasteiger partial charge < -0.3 is 24.8 Å². The molecule has 1 aromatic heterocycles. The monoisotopic (exact) mass is 596 g/mol. The first-order chi connectivity index (χ1) is 16.7. The summed E-state index contributed by atoms with van der Waals surface area (Å²) in [7, 11) is 0. The molecular weight excluding hydrogens is 556 g/mol. The summed E-state index contributed by atoms with van der Waals surface area (Å²) >= 11 is 0. The molecule has 0 bridgehead atoms. The number of aliphatic imine (C=N–C) groups is 2. The SMILES string of the molecule is CCc1cc(C)cc(CC)c1N=C(C)c1cc(C)cc(C(C)=Nc2c(CC)cc(C)cc2CC)n1.[Cl-].[Cl-].[Co+2]. The summed E-state index contributed by atoms with van der Waals surface area (Å²) in [5.41, 5.74) is 14.9. The summed E-state index contributed by atoms with van der Waals surface area (Å²) in [4.78, 5) is 15.3. The fraction of sp³-hybridized carbons (Fsp3) is 0.406. The number of benzene rings is 2. The molecule has 0 fully saturated rings. The average Bonchev–Trinajstić information content (AvgIpc) is 2.84.